The molecule has 0 saturated heterocycles. The van der Waals surface area contributed by atoms with Crippen molar-refractivity contribution in [3.05, 3.63) is 89.4 Å². The Morgan fingerprint density at radius 2 is 1.66 bits per heavy atom. The molecule has 0 atom stereocenters. The number of aromatic nitrogens is 3. The fourth-order valence-electron chi connectivity index (χ4n) is 3.62. The van der Waals surface area contributed by atoms with Gasteiger partial charge in [-0.25, -0.2) is 4.68 Å². The van der Waals surface area contributed by atoms with E-state index in [4.69, 9.17) is 14.6 Å². The number of rotatable bonds is 7. The first-order valence-corrected chi connectivity index (χ1v) is 10.3. The summed E-state index contributed by atoms with van der Waals surface area (Å²) in [5.41, 5.74) is 4.14. The van der Waals surface area contributed by atoms with Crippen LogP contribution in [0.25, 0.3) is 11.5 Å². The van der Waals surface area contributed by atoms with Crippen molar-refractivity contribution in [2.24, 2.45) is 0 Å². The Morgan fingerprint density at radius 1 is 0.969 bits per heavy atom. The topological polar surface area (TPSA) is 70.3 Å². The molecule has 164 valence electrons. The molecule has 0 aliphatic carbocycles. The van der Waals surface area contributed by atoms with Crippen molar-refractivity contribution in [3.63, 3.8) is 0 Å². The first-order valence-electron chi connectivity index (χ1n) is 10.3. The molecule has 2 heterocycles. The van der Waals surface area contributed by atoms with Crippen molar-refractivity contribution in [3.8, 4) is 23.0 Å². The summed E-state index contributed by atoms with van der Waals surface area (Å²) in [4.78, 5) is 13.3. The van der Waals surface area contributed by atoms with E-state index < -0.39 is 0 Å². The molecule has 0 fully saturated rings. The zero-order chi connectivity index (χ0) is 22.7. The quantitative estimate of drug-likeness (QED) is 0.476. The molecule has 0 radical (unpaired) electrons. The highest BCUT2D eigenvalue weighted by Crippen LogP contribution is 2.28. The minimum Gasteiger partial charge on any atom is -0.493 e. The van der Waals surface area contributed by atoms with Crippen LogP contribution in [0.2, 0.25) is 0 Å². The van der Waals surface area contributed by atoms with Gasteiger partial charge in [0.15, 0.2) is 17.3 Å². The fourth-order valence-corrected chi connectivity index (χ4v) is 3.62. The van der Waals surface area contributed by atoms with Gasteiger partial charge in [0.2, 0.25) is 0 Å². The lowest BCUT2D eigenvalue weighted by molar-refractivity contribution is 0.0950. The first kappa shape index (κ1) is 21.2. The number of methoxy groups -OCH3 is 2. The van der Waals surface area contributed by atoms with Crippen molar-refractivity contribution in [2.75, 3.05) is 14.2 Å². The highest BCUT2D eigenvalue weighted by atomic mass is 16.5. The van der Waals surface area contributed by atoms with Crippen LogP contribution in [0.5, 0.6) is 11.5 Å². The van der Waals surface area contributed by atoms with Crippen molar-refractivity contribution in [1.29, 1.82) is 0 Å². The number of carbonyl (C=O) groups excluding carboxylic acids is 1. The molecule has 1 amide bonds. The number of amides is 1. The summed E-state index contributed by atoms with van der Waals surface area (Å²) < 4.78 is 14.4. The van der Waals surface area contributed by atoms with E-state index in [9.17, 15) is 4.79 Å². The number of nitrogens with zero attached hydrogens (tertiary/aromatic N) is 3. The molecule has 0 spiro atoms. The van der Waals surface area contributed by atoms with Crippen LogP contribution in [0.1, 0.15) is 27.2 Å². The number of ether oxygens (including phenoxy) is 2. The Morgan fingerprint density at radius 3 is 2.31 bits per heavy atom. The Hall–Kier alpha value is -4.00. The standard InChI is InChI=1S/C25H26N4O3/c1-17-7-10-20(11-8-17)29-25(28-13-5-6-14-28)23(18(2)27-29)24(30)26-16-19-9-12-21(31-3)22(15-19)32-4/h5-15H,16H2,1-4H3,(H,26,30). The molecule has 7 heteroatoms. The lowest BCUT2D eigenvalue weighted by Crippen LogP contribution is -2.24. The van der Waals surface area contributed by atoms with Gasteiger partial charge >= 0.3 is 0 Å². The highest BCUT2D eigenvalue weighted by molar-refractivity contribution is 5.98. The lowest BCUT2D eigenvalue weighted by Gasteiger charge is -2.12. The third kappa shape index (κ3) is 4.09. The Balaban J connectivity index is 1.67. The molecule has 0 aliphatic heterocycles. The van der Waals surface area contributed by atoms with Gasteiger partial charge in [-0.1, -0.05) is 23.8 Å². The Kier molecular flexibility index (Phi) is 5.98. The molecule has 0 saturated carbocycles. The number of hydrogen-bond donors (Lipinski definition) is 1. The van der Waals surface area contributed by atoms with Crippen LogP contribution in [0.15, 0.2) is 67.0 Å². The molecular formula is C25H26N4O3. The zero-order valence-electron chi connectivity index (χ0n) is 18.6. The summed E-state index contributed by atoms with van der Waals surface area (Å²) in [6.07, 6.45) is 3.82. The molecule has 0 bridgehead atoms. The van der Waals surface area contributed by atoms with Gasteiger partial charge in [-0.15, -0.1) is 0 Å². The monoisotopic (exact) mass is 430 g/mol. The Bertz CT molecular complexity index is 1230. The largest absolute Gasteiger partial charge is 0.493 e. The minimum atomic E-state index is -0.195. The molecular weight excluding hydrogens is 404 g/mol. The van der Waals surface area contributed by atoms with E-state index in [-0.39, 0.29) is 5.91 Å². The van der Waals surface area contributed by atoms with E-state index in [1.165, 1.54) is 0 Å². The van der Waals surface area contributed by atoms with E-state index in [2.05, 4.69) is 5.32 Å². The second-order valence-electron chi connectivity index (χ2n) is 7.49. The molecule has 7 nitrogen and oxygen atoms in total. The summed E-state index contributed by atoms with van der Waals surface area (Å²) >= 11 is 0. The van der Waals surface area contributed by atoms with Crippen LogP contribution in [-0.4, -0.2) is 34.5 Å². The van der Waals surface area contributed by atoms with Crippen LogP contribution < -0.4 is 14.8 Å². The summed E-state index contributed by atoms with van der Waals surface area (Å²) in [5, 5.41) is 7.71. The number of carbonyl (C=O) groups is 1. The SMILES string of the molecule is COc1ccc(CNC(=O)c2c(C)nn(-c3ccc(C)cc3)c2-n2cccc2)cc1OC. The second kappa shape index (κ2) is 9.01. The van der Waals surface area contributed by atoms with Crippen LogP contribution >= 0.6 is 0 Å². The molecule has 4 aromatic rings. The smallest absolute Gasteiger partial charge is 0.257 e. The maximum absolute atomic E-state index is 13.3. The number of benzene rings is 2. The van der Waals surface area contributed by atoms with E-state index in [0.29, 0.717) is 35.1 Å². The van der Waals surface area contributed by atoms with Gasteiger partial charge in [0.1, 0.15) is 5.56 Å². The van der Waals surface area contributed by atoms with Crippen molar-refractivity contribution >= 4 is 5.91 Å². The maximum atomic E-state index is 13.3. The molecule has 0 unspecified atom stereocenters. The maximum Gasteiger partial charge on any atom is 0.257 e. The van der Waals surface area contributed by atoms with Crippen molar-refractivity contribution in [2.45, 2.75) is 20.4 Å². The van der Waals surface area contributed by atoms with Crippen LogP contribution in [-0.2, 0) is 6.54 Å². The summed E-state index contributed by atoms with van der Waals surface area (Å²) in [6, 6.07) is 17.5. The third-order valence-electron chi connectivity index (χ3n) is 5.29. The van der Waals surface area contributed by atoms with Crippen LogP contribution in [0.4, 0.5) is 0 Å². The molecule has 0 aliphatic rings. The molecule has 2 aromatic heterocycles. The fraction of sp³-hybridized carbons (Fsp3) is 0.200. The lowest BCUT2D eigenvalue weighted by atomic mass is 10.1. The number of aryl methyl sites for hydroxylation is 2. The van der Waals surface area contributed by atoms with Gasteiger partial charge in [0.25, 0.3) is 5.91 Å². The summed E-state index contributed by atoms with van der Waals surface area (Å²) in [7, 11) is 3.18. The number of hydrogen-bond acceptors (Lipinski definition) is 4. The molecule has 2 aromatic carbocycles. The normalized spacial score (nSPS) is 10.8. The molecule has 1 N–H and O–H groups in total. The van der Waals surface area contributed by atoms with Gasteiger partial charge in [-0.05, 0) is 55.8 Å². The predicted octanol–water partition coefficient (Wildman–Crippen LogP) is 4.23. The summed E-state index contributed by atoms with van der Waals surface area (Å²) in [6.45, 7) is 4.24. The van der Waals surface area contributed by atoms with Gasteiger partial charge in [0.05, 0.1) is 25.6 Å². The van der Waals surface area contributed by atoms with E-state index in [1.54, 1.807) is 18.9 Å². The minimum absolute atomic E-state index is 0.195. The van der Waals surface area contributed by atoms with Gasteiger partial charge in [-0.3, -0.25) is 4.79 Å². The van der Waals surface area contributed by atoms with Gasteiger partial charge in [0, 0.05) is 18.9 Å². The van der Waals surface area contributed by atoms with Gasteiger partial charge < -0.3 is 19.4 Å². The first-order chi connectivity index (χ1) is 15.5. The second-order valence-corrected chi connectivity index (χ2v) is 7.49. The molecule has 32 heavy (non-hydrogen) atoms. The predicted molar refractivity (Wildman–Crippen MR) is 123 cm³/mol. The van der Waals surface area contributed by atoms with Crippen LogP contribution in [0, 0.1) is 13.8 Å². The average Bonchev–Trinajstić information content (AvgIpc) is 3.45. The summed E-state index contributed by atoms with van der Waals surface area (Å²) in [5.74, 6) is 1.77. The van der Waals surface area contributed by atoms with E-state index >= 15 is 0 Å². The number of nitrogens with one attached hydrogen (secondary N) is 1. The van der Waals surface area contributed by atoms with E-state index in [1.807, 2.05) is 85.4 Å². The average molecular weight is 431 g/mol. The van der Waals surface area contributed by atoms with Crippen molar-refractivity contribution in [1.82, 2.24) is 19.7 Å². The Labute approximate surface area is 187 Å². The van der Waals surface area contributed by atoms with E-state index in [0.717, 1.165) is 16.8 Å². The zero-order valence-corrected chi connectivity index (χ0v) is 18.6. The highest BCUT2D eigenvalue weighted by Gasteiger charge is 2.23. The van der Waals surface area contributed by atoms with Gasteiger partial charge in [-0.2, -0.15) is 5.10 Å². The molecule has 4 rings (SSSR count). The van der Waals surface area contributed by atoms with Crippen LogP contribution in [0.3, 0.4) is 0 Å². The van der Waals surface area contributed by atoms with Crippen molar-refractivity contribution < 1.29 is 14.3 Å². The third-order valence-corrected chi connectivity index (χ3v) is 5.29.